The van der Waals surface area contributed by atoms with E-state index in [0.717, 1.165) is 0 Å². The van der Waals surface area contributed by atoms with Crippen LogP contribution in [0.25, 0.3) is 0 Å². The lowest BCUT2D eigenvalue weighted by molar-refractivity contribution is -0.140. The Bertz CT molecular complexity index is 464. The highest BCUT2D eigenvalue weighted by atomic mass is 16.5. The summed E-state index contributed by atoms with van der Waals surface area (Å²) in [7, 11) is 0. The van der Waals surface area contributed by atoms with Crippen molar-refractivity contribution in [3.05, 3.63) is 29.6 Å². The van der Waals surface area contributed by atoms with Crippen LogP contribution in [0.1, 0.15) is 6.92 Å². The van der Waals surface area contributed by atoms with E-state index in [0.29, 0.717) is 0 Å². The second kappa shape index (κ2) is 5.67. The van der Waals surface area contributed by atoms with E-state index < -0.39 is 5.97 Å². The first-order valence-electron chi connectivity index (χ1n) is 4.80. The van der Waals surface area contributed by atoms with E-state index >= 15 is 0 Å². The van der Waals surface area contributed by atoms with Crippen molar-refractivity contribution >= 4 is 5.97 Å². The minimum Gasteiger partial charge on any atom is -0.465 e. The van der Waals surface area contributed by atoms with Gasteiger partial charge >= 0.3 is 5.97 Å². The molecular weight excluding hydrogens is 232 g/mol. The number of hydrogen-bond donors (Lipinski definition) is 0. The van der Waals surface area contributed by atoms with Crippen LogP contribution in [0.5, 0.6) is 0 Å². The number of nitriles is 4. The molecule has 85 valence electrons. The maximum atomic E-state index is 11.7. The van der Waals surface area contributed by atoms with Gasteiger partial charge in [0.25, 0.3) is 0 Å². The van der Waals surface area contributed by atoms with Gasteiger partial charge in [0.15, 0.2) is 0 Å². The molecule has 1 aliphatic carbocycles. The Balaban J connectivity index is 3.20. The molecule has 6 nitrogen and oxygen atoms in total. The van der Waals surface area contributed by atoms with E-state index in [1.807, 2.05) is 0 Å². The molecule has 1 aliphatic rings. The summed E-state index contributed by atoms with van der Waals surface area (Å²) < 4.78 is 4.71. The van der Waals surface area contributed by atoms with Gasteiger partial charge in [0.05, 0.1) is 30.9 Å². The zero-order chi connectivity index (χ0) is 13.7. The van der Waals surface area contributed by atoms with Crippen molar-refractivity contribution in [1.82, 2.24) is 0 Å². The van der Waals surface area contributed by atoms with Gasteiger partial charge in [-0.25, -0.2) is 0 Å². The minimum atomic E-state index is -0.886. The Morgan fingerprint density at radius 3 is 1.61 bits per heavy atom. The smallest absolute Gasteiger partial charge is 0.316 e. The molecule has 1 fully saturated rings. The molecule has 6 heteroatoms. The number of rotatable bonds is 2. The van der Waals surface area contributed by atoms with E-state index in [-0.39, 0.29) is 36.2 Å². The van der Waals surface area contributed by atoms with E-state index in [1.54, 1.807) is 31.2 Å². The van der Waals surface area contributed by atoms with Crippen molar-refractivity contribution in [2.24, 2.45) is 0 Å². The average Bonchev–Trinajstić information content (AvgIpc) is 2.70. The van der Waals surface area contributed by atoms with Crippen LogP contribution in [-0.4, -0.2) is 12.6 Å². The summed E-state index contributed by atoms with van der Waals surface area (Å²) in [6, 6.07) is 6.63. The zero-order valence-electron chi connectivity index (χ0n) is 9.31. The molecule has 0 amide bonds. The van der Waals surface area contributed by atoms with Crippen molar-refractivity contribution in [2.75, 3.05) is 6.61 Å². The Kier molecular flexibility index (Phi) is 4.25. The lowest BCUT2D eigenvalue weighted by atomic mass is 9.89. The topological polar surface area (TPSA) is 121 Å². The fourth-order valence-electron chi connectivity index (χ4n) is 1.48. The van der Waals surface area contributed by atoms with Crippen molar-refractivity contribution in [2.45, 2.75) is 6.92 Å². The second-order valence-corrected chi connectivity index (χ2v) is 3.04. The number of esters is 1. The zero-order valence-corrected chi connectivity index (χ0v) is 9.31. The molecule has 0 aliphatic heterocycles. The molecule has 0 unspecified atom stereocenters. The van der Waals surface area contributed by atoms with Crippen LogP contribution >= 0.6 is 0 Å². The van der Waals surface area contributed by atoms with Crippen LogP contribution in [-0.2, 0) is 9.53 Å². The monoisotopic (exact) mass is 237 g/mol. The van der Waals surface area contributed by atoms with Gasteiger partial charge in [0, 0.05) is 0 Å². The molecule has 5 radical (unpaired) electrons. The molecule has 0 aromatic carbocycles. The normalized spacial score (nSPS) is 18.5. The lowest BCUT2D eigenvalue weighted by Crippen LogP contribution is -2.22. The van der Waals surface area contributed by atoms with Gasteiger partial charge in [-0.1, -0.05) is 0 Å². The van der Waals surface area contributed by atoms with E-state index in [2.05, 4.69) is 0 Å². The fourth-order valence-corrected chi connectivity index (χ4v) is 1.48. The number of nitrogens with zero attached hydrogens (tertiary/aromatic N) is 4. The highest BCUT2D eigenvalue weighted by molar-refractivity contribution is 6.02. The third kappa shape index (κ3) is 1.97. The highest BCUT2D eigenvalue weighted by Crippen LogP contribution is 2.52. The summed E-state index contributed by atoms with van der Waals surface area (Å²) >= 11 is 0. The van der Waals surface area contributed by atoms with Gasteiger partial charge in [-0.2, -0.15) is 21.0 Å². The van der Waals surface area contributed by atoms with Crippen molar-refractivity contribution in [3.8, 4) is 24.3 Å². The van der Waals surface area contributed by atoms with Crippen LogP contribution in [0.15, 0.2) is 0 Å². The van der Waals surface area contributed by atoms with Crippen molar-refractivity contribution < 1.29 is 9.53 Å². The summed E-state index contributed by atoms with van der Waals surface area (Å²) in [6.45, 7) is 1.62. The molecule has 0 bridgehead atoms. The van der Waals surface area contributed by atoms with E-state index in [4.69, 9.17) is 25.8 Å². The first-order valence-corrected chi connectivity index (χ1v) is 4.80. The number of carbonyl (C=O) groups excluding carboxylic acids is 1. The van der Waals surface area contributed by atoms with Gasteiger partial charge in [-0.3, -0.25) is 4.79 Å². The molecule has 0 aromatic rings. The quantitative estimate of drug-likeness (QED) is 0.645. The van der Waals surface area contributed by atoms with Crippen LogP contribution in [0.4, 0.5) is 0 Å². The predicted molar refractivity (Wildman–Crippen MR) is 55.3 cm³/mol. The molecule has 0 N–H and O–H groups in total. The van der Waals surface area contributed by atoms with Gasteiger partial charge in [0.1, 0.15) is 29.6 Å². The van der Waals surface area contributed by atoms with Crippen LogP contribution in [0.3, 0.4) is 0 Å². The Morgan fingerprint density at radius 1 is 0.944 bits per heavy atom. The SMILES string of the molecule is CCOC(=O)[C]1[C](C#N)[C](C#N)[C](C#N)[C]1C#N. The number of hydrogen-bond acceptors (Lipinski definition) is 6. The Labute approximate surface area is 105 Å². The average molecular weight is 237 g/mol. The van der Waals surface area contributed by atoms with E-state index in [9.17, 15) is 4.79 Å². The molecule has 0 atom stereocenters. The fraction of sp³-hybridized carbons (Fsp3) is 0.167. The Morgan fingerprint density at radius 2 is 1.33 bits per heavy atom. The third-order valence-corrected chi connectivity index (χ3v) is 2.18. The molecule has 0 saturated heterocycles. The summed E-state index contributed by atoms with van der Waals surface area (Å²) in [5.41, 5.74) is 0. The van der Waals surface area contributed by atoms with Crippen LogP contribution < -0.4 is 0 Å². The summed E-state index contributed by atoms with van der Waals surface area (Å²) in [6.07, 6.45) is 0. The van der Waals surface area contributed by atoms with Gasteiger partial charge in [-0.05, 0) is 6.92 Å². The molecular formula is C12H5N4O2. The highest BCUT2D eigenvalue weighted by Gasteiger charge is 2.59. The number of carbonyl (C=O) groups is 1. The first kappa shape index (κ1) is 13.5. The summed E-state index contributed by atoms with van der Waals surface area (Å²) in [4.78, 5) is 11.7. The maximum Gasteiger partial charge on any atom is 0.316 e. The third-order valence-electron chi connectivity index (χ3n) is 2.18. The molecule has 18 heavy (non-hydrogen) atoms. The summed E-state index contributed by atoms with van der Waals surface area (Å²) in [5, 5.41) is 35.7. The van der Waals surface area contributed by atoms with Gasteiger partial charge < -0.3 is 4.74 Å². The first-order chi connectivity index (χ1) is 8.65. The molecule has 0 aromatic heterocycles. The van der Waals surface area contributed by atoms with Crippen LogP contribution in [0, 0.1) is 74.9 Å². The molecule has 0 heterocycles. The standard InChI is InChI=1S/C12H5N4O2/c1-2-18-12(17)11-9(5-15)7(3-13)8(4-14)10(11)6-16/h2H2,1H3. The predicted octanol–water partition coefficient (Wildman–Crippen LogP) is 0.530. The maximum absolute atomic E-state index is 11.7. The van der Waals surface area contributed by atoms with Crippen molar-refractivity contribution in [1.29, 1.82) is 21.0 Å². The minimum absolute atomic E-state index is 0.0591. The summed E-state index contributed by atoms with van der Waals surface area (Å²) in [5.74, 6) is -2.30. The Hall–Kier alpha value is -2.57. The number of ether oxygens (including phenoxy) is 1. The largest absolute Gasteiger partial charge is 0.465 e. The molecule has 1 rings (SSSR count). The molecule has 0 spiro atoms. The van der Waals surface area contributed by atoms with Crippen LogP contribution in [0.2, 0.25) is 0 Å². The van der Waals surface area contributed by atoms with Crippen molar-refractivity contribution in [3.63, 3.8) is 0 Å². The molecule has 1 saturated carbocycles. The lowest BCUT2D eigenvalue weighted by Gasteiger charge is -2.12. The van der Waals surface area contributed by atoms with Gasteiger partial charge in [-0.15, -0.1) is 0 Å². The van der Waals surface area contributed by atoms with Gasteiger partial charge in [0.2, 0.25) is 0 Å². The van der Waals surface area contributed by atoms with E-state index in [1.165, 1.54) is 0 Å². The second-order valence-electron chi connectivity index (χ2n) is 3.04.